The van der Waals surface area contributed by atoms with Gasteiger partial charge in [0.05, 0.1) is 33.5 Å². The number of benzene rings is 3. The van der Waals surface area contributed by atoms with Gasteiger partial charge in [-0.25, -0.2) is 10.0 Å². The summed E-state index contributed by atoms with van der Waals surface area (Å²) in [6.45, 7) is 0. The highest BCUT2D eigenvalue weighted by atomic mass is 35.5. The number of hydrogen-bond acceptors (Lipinski definition) is 4. The van der Waals surface area contributed by atoms with Crippen LogP contribution in [0.1, 0.15) is 36.4 Å². The van der Waals surface area contributed by atoms with Gasteiger partial charge in [0, 0.05) is 12.8 Å². The van der Waals surface area contributed by atoms with Gasteiger partial charge in [0.25, 0.3) is 5.91 Å². The van der Waals surface area contributed by atoms with Crippen LogP contribution in [0.15, 0.2) is 77.8 Å². The number of nitrogens with zero attached hydrogens (tertiary/aromatic N) is 3. The normalized spacial score (nSPS) is 15.9. The van der Waals surface area contributed by atoms with Gasteiger partial charge in [-0.15, -0.1) is 0 Å². The van der Waals surface area contributed by atoms with Crippen LogP contribution in [0, 0.1) is 11.3 Å². The Bertz CT molecular complexity index is 1340. The monoisotopic (exact) mass is 519 g/mol. The van der Waals surface area contributed by atoms with Crippen molar-refractivity contribution in [1.29, 1.82) is 5.26 Å². The first-order valence-electron chi connectivity index (χ1n) is 11.4. The van der Waals surface area contributed by atoms with Gasteiger partial charge in [0.2, 0.25) is 5.91 Å². The van der Waals surface area contributed by atoms with Gasteiger partial charge in [0.1, 0.15) is 12.3 Å². The van der Waals surface area contributed by atoms with E-state index in [1.807, 2.05) is 42.5 Å². The highest BCUT2D eigenvalue weighted by molar-refractivity contribution is 6.34. The highest BCUT2D eigenvalue weighted by Gasteiger charge is 2.34. The first-order valence-corrected chi connectivity index (χ1v) is 12.1. The first-order chi connectivity index (χ1) is 17.5. The van der Waals surface area contributed by atoms with E-state index in [1.165, 1.54) is 5.01 Å². The number of aliphatic imine (C=N–C) groups is 1. The van der Waals surface area contributed by atoms with E-state index < -0.39 is 11.8 Å². The first kappa shape index (κ1) is 25.2. The summed E-state index contributed by atoms with van der Waals surface area (Å²) in [5.74, 6) is -0.337. The van der Waals surface area contributed by atoms with Crippen molar-refractivity contribution in [2.24, 2.45) is 4.99 Å². The molecule has 0 bridgehead atoms. The van der Waals surface area contributed by atoms with Gasteiger partial charge in [-0.3, -0.25) is 15.0 Å². The van der Waals surface area contributed by atoms with Gasteiger partial charge < -0.3 is 5.32 Å². The third kappa shape index (κ3) is 6.03. The van der Waals surface area contributed by atoms with E-state index in [1.54, 1.807) is 30.3 Å². The number of carbonyl (C=O) groups is 2. The molecule has 7 nitrogen and oxygen atoms in total. The standard InChI is InChI=1S/C27H23Cl2N5O2/c28-20-12-4-5-13-21(20)32-25(35)17-26(36)34-23(18-8-2-1-3-9-18)16-24(33-34)31-22-14-6-10-19(27(22)29)11-7-15-30/h1-6,8-10,12-14,23H,7,11,16-17H2,(H,31,33)(H,32,35). The second kappa shape index (κ2) is 11.7. The Labute approximate surface area is 219 Å². The van der Waals surface area contributed by atoms with Crippen molar-refractivity contribution in [2.75, 3.05) is 5.32 Å². The summed E-state index contributed by atoms with van der Waals surface area (Å²) in [7, 11) is 0. The molecule has 1 aliphatic heterocycles. The molecule has 1 heterocycles. The van der Waals surface area contributed by atoms with Crippen LogP contribution in [0.4, 0.5) is 11.4 Å². The molecule has 0 aliphatic carbocycles. The number of carbonyl (C=O) groups excluding carboxylic acids is 2. The number of hydrazine groups is 1. The lowest BCUT2D eigenvalue weighted by atomic mass is 10.0. The van der Waals surface area contributed by atoms with E-state index in [4.69, 9.17) is 28.5 Å². The number of amides is 2. The highest BCUT2D eigenvalue weighted by Crippen LogP contribution is 2.33. The Morgan fingerprint density at radius 3 is 2.56 bits per heavy atom. The molecule has 0 radical (unpaired) electrons. The minimum Gasteiger partial charge on any atom is -0.324 e. The zero-order valence-corrected chi connectivity index (χ0v) is 20.8. The minimum absolute atomic E-state index is 0.354. The molecular weight excluding hydrogens is 497 g/mol. The number of hydrogen-bond donors (Lipinski definition) is 2. The van der Waals surface area contributed by atoms with Crippen molar-refractivity contribution in [3.05, 3.63) is 94.0 Å². The van der Waals surface area contributed by atoms with Crippen LogP contribution in [0.2, 0.25) is 10.0 Å². The predicted molar refractivity (Wildman–Crippen MR) is 141 cm³/mol. The average Bonchev–Trinajstić information content (AvgIpc) is 3.30. The number of rotatable bonds is 7. The van der Waals surface area contributed by atoms with Crippen molar-refractivity contribution in [3.63, 3.8) is 0 Å². The zero-order valence-electron chi connectivity index (χ0n) is 19.2. The molecule has 2 amide bonds. The molecule has 182 valence electrons. The summed E-state index contributed by atoms with van der Waals surface area (Å²) in [4.78, 5) is 30.5. The van der Waals surface area contributed by atoms with Crippen LogP contribution in [0.5, 0.6) is 0 Å². The van der Waals surface area contributed by atoms with Crippen LogP contribution >= 0.6 is 23.2 Å². The number of halogens is 2. The Morgan fingerprint density at radius 1 is 1.06 bits per heavy atom. The van der Waals surface area contributed by atoms with Crippen molar-refractivity contribution < 1.29 is 9.59 Å². The van der Waals surface area contributed by atoms with E-state index in [2.05, 4.69) is 21.8 Å². The third-order valence-corrected chi connectivity index (χ3v) is 6.45. The Kier molecular flexibility index (Phi) is 8.21. The molecule has 1 atom stereocenters. The van der Waals surface area contributed by atoms with Crippen molar-refractivity contribution in [3.8, 4) is 6.07 Å². The molecule has 1 fully saturated rings. The van der Waals surface area contributed by atoms with E-state index >= 15 is 0 Å². The van der Waals surface area contributed by atoms with Crippen LogP contribution in [-0.4, -0.2) is 22.7 Å². The number of amidine groups is 1. The van der Waals surface area contributed by atoms with Crippen LogP contribution in [-0.2, 0) is 16.0 Å². The van der Waals surface area contributed by atoms with Crippen molar-refractivity contribution in [2.45, 2.75) is 31.7 Å². The summed E-state index contributed by atoms with van der Waals surface area (Å²) in [5, 5.41) is 13.9. The summed E-state index contributed by atoms with van der Waals surface area (Å²) in [6.07, 6.45) is 0.922. The smallest absolute Gasteiger partial charge is 0.250 e. The molecule has 0 aromatic heterocycles. The average molecular weight is 520 g/mol. The fourth-order valence-corrected chi connectivity index (χ4v) is 4.39. The van der Waals surface area contributed by atoms with Crippen molar-refractivity contribution in [1.82, 2.24) is 10.4 Å². The lowest BCUT2D eigenvalue weighted by molar-refractivity contribution is -0.137. The molecule has 9 heteroatoms. The Hall–Kier alpha value is -3.86. The fourth-order valence-electron chi connectivity index (χ4n) is 3.95. The van der Waals surface area contributed by atoms with E-state index in [0.717, 1.165) is 11.1 Å². The summed E-state index contributed by atoms with van der Waals surface area (Å²) < 4.78 is 0. The molecular formula is C27H23Cl2N5O2. The van der Waals surface area contributed by atoms with E-state index in [0.29, 0.717) is 46.5 Å². The van der Waals surface area contributed by atoms with E-state index in [-0.39, 0.29) is 12.5 Å². The molecule has 2 N–H and O–H groups in total. The van der Waals surface area contributed by atoms with Crippen LogP contribution in [0.3, 0.4) is 0 Å². The number of nitriles is 1. The maximum Gasteiger partial charge on any atom is 0.250 e. The largest absolute Gasteiger partial charge is 0.324 e. The van der Waals surface area contributed by atoms with Gasteiger partial charge >= 0.3 is 0 Å². The molecule has 3 aromatic carbocycles. The SMILES string of the molecule is N#CCCc1cccc(N=C2CC(c3ccccc3)N(C(=O)CC(=O)Nc3ccccc3Cl)N2)c1Cl. The molecule has 1 aliphatic rings. The molecule has 1 saturated heterocycles. The molecule has 3 aromatic rings. The summed E-state index contributed by atoms with van der Waals surface area (Å²) in [6, 6.07) is 23.6. The van der Waals surface area contributed by atoms with Crippen molar-refractivity contribution >= 4 is 52.2 Å². The molecule has 36 heavy (non-hydrogen) atoms. The molecule has 0 saturated carbocycles. The van der Waals surface area contributed by atoms with E-state index in [9.17, 15) is 9.59 Å². The van der Waals surface area contributed by atoms with Gasteiger partial charge in [-0.1, -0.05) is 77.8 Å². The molecule has 4 rings (SSSR count). The predicted octanol–water partition coefficient (Wildman–Crippen LogP) is 5.99. The minimum atomic E-state index is -0.472. The number of aryl methyl sites for hydroxylation is 1. The van der Waals surface area contributed by atoms with Gasteiger partial charge in [0.15, 0.2) is 0 Å². The quantitative estimate of drug-likeness (QED) is 0.374. The van der Waals surface area contributed by atoms with Crippen LogP contribution < -0.4 is 10.7 Å². The summed E-state index contributed by atoms with van der Waals surface area (Å²) in [5.41, 5.74) is 5.81. The molecule has 0 spiro atoms. The summed E-state index contributed by atoms with van der Waals surface area (Å²) >= 11 is 12.7. The molecule has 1 unspecified atom stereocenters. The second-order valence-electron chi connectivity index (χ2n) is 8.18. The fraction of sp³-hybridized carbons (Fsp3) is 0.185. The number of para-hydroxylation sites is 1. The lowest BCUT2D eigenvalue weighted by Crippen LogP contribution is -2.41. The second-order valence-corrected chi connectivity index (χ2v) is 8.96. The topological polar surface area (TPSA) is 97.6 Å². The number of anilines is 1. The maximum atomic E-state index is 13.2. The van der Waals surface area contributed by atoms with Crippen LogP contribution in [0.25, 0.3) is 0 Å². The van der Waals surface area contributed by atoms with Gasteiger partial charge in [-0.2, -0.15) is 5.26 Å². The third-order valence-electron chi connectivity index (χ3n) is 5.68. The maximum absolute atomic E-state index is 13.2. The Balaban J connectivity index is 1.55. The lowest BCUT2D eigenvalue weighted by Gasteiger charge is -2.24. The number of nitrogens with one attached hydrogen (secondary N) is 2. The zero-order chi connectivity index (χ0) is 25.5. The van der Waals surface area contributed by atoms with Gasteiger partial charge in [-0.05, 0) is 35.7 Å². The Morgan fingerprint density at radius 2 is 1.81 bits per heavy atom.